The molecule has 180 valence electrons. The number of benzene rings is 2. The Hall–Kier alpha value is -3.22. The Morgan fingerprint density at radius 1 is 1.00 bits per heavy atom. The quantitative estimate of drug-likeness (QED) is 0.399. The highest BCUT2D eigenvalue weighted by molar-refractivity contribution is 6.03. The number of methoxy groups -OCH3 is 1. The number of ether oxygens (including phenoxy) is 2. The molecule has 1 unspecified atom stereocenters. The van der Waals surface area contributed by atoms with Crippen molar-refractivity contribution in [3.8, 4) is 0 Å². The average Bonchev–Trinajstić information content (AvgIpc) is 2.86. The molecule has 1 aliphatic rings. The van der Waals surface area contributed by atoms with Gasteiger partial charge in [0.25, 0.3) is 0 Å². The topological polar surface area (TPSA) is 67.9 Å². The summed E-state index contributed by atoms with van der Waals surface area (Å²) in [6.07, 6.45) is 0.353. The summed E-state index contributed by atoms with van der Waals surface area (Å²) >= 11 is 0. The number of carbonyl (C=O) groups excluding carboxylic acids is 2. The van der Waals surface area contributed by atoms with Crippen molar-refractivity contribution in [3.63, 3.8) is 0 Å². The van der Waals surface area contributed by atoms with Gasteiger partial charge in [-0.2, -0.15) is 0 Å². The Kier molecular flexibility index (Phi) is 9.19. The second kappa shape index (κ2) is 12.3. The highest BCUT2D eigenvalue weighted by Gasteiger charge is 2.37. The number of ketones is 1. The lowest BCUT2D eigenvalue weighted by Gasteiger charge is -2.32. The van der Waals surface area contributed by atoms with Gasteiger partial charge in [-0.25, -0.2) is 4.79 Å². The number of hydrogen-bond donors (Lipinski definition) is 1. The second-order valence-electron chi connectivity index (χ2n) is 8.44. The van der Waals surface area contributed by atoms with Crippen molar-refractivity contribution in [2.45, 2.75) is 32.7 Å². The van der Waals surface area contributed by atoms with E-state index in [1.54, 1.807) is 0 Å². The van der Waals surface area contributed by atoms with Gasteiger partial charge in [0.2, 0.25) is 0 Å². The smallest absolute Gasteiger partial charge is 0.336 e. The van der Waals surface area contributed by atoms with E-state index in [9.17, 15) is 9.59 Å². The fourth-order valence-electron chi connectivity index (χ4n) is 4.27. The normalized spacial score (nSPS) is 16.0. The zero-order valence-electron chi connectivity index (χ0n) is 20.5. The molecule has 34 heavy (non-hydrogen) atoms. The Balaban J connectivity index is 1.79. The van der Waals surface area contributed by atoms with Gasteiger partial charge in [-0.3, -0.25) is 9.69 Å². The molecule has 0 saturated heterocycles. The van der Waals surface area contributed by atoms with E-state index < -0.39 is 11.9 Å². The van der Waals surface area contributed by atoms with Gasteiger partial charge in [-0.05, 0) is 25.1 Å². The minimum absolute atomic E-state index is 0.00256. The maximum atomic E-state index is 13.0. The summed E-state index contributed by atoms with van der Waals surface area (Å²) in [5, 5.41) is 3.27. The van der Waals surface area contributed by atoms with Crippen molar-refractivity contribution < 1.29 is 19.1 Å². The molecule has 0 radical (unpaired) electrons. The van der Waals surface area contributed by atoms with E-state index in [0.717, 1.165) is 24.4 Å². The number of likely N-dealkylation sites (N-methyl/N-ethyl adjacent to an activating group) is 1. The van der Waals surface area contributed by atoms with E-state index in [2.05, 4.69) is 29.4 Å². The van der Waals surface area contributed by atoms with Crippen molar-refractivity contribution >= 4 is 11.8 Å². The van der Waals surface area contributed by atoms with Crippen LogP contribution in [0.15, 0.2) is 83.2 Å². The van der Waals surface area contributed by atoms with Crippen LogP contribution in [0.5, 0.6) is 0 Å². The van der Waals surface area contributed by atoms with Crippen LogP contribution in [-0.4, -0.2) is 50.6 Å². The highest BCUT2D eigenvalue weighted by Crippen LogP contribution is 2.39. The van der Waals surface area contributed by atoms with Crippen molar-refractivity contribution in [1.29, 1.82) is 0 Å². The van der Waals surface area contributed by atoms with E-state index >= 15 is 0 Å². The Labute approximate surface area is 202 Å². The van der Waals surface area contributed by atoms with E-state index in [1.807, 2.05) is 62.4 Å². The molecule has 0 fully saturated rings. The van der Waals surface area contributed by atoms with Crippen LogP contribution < -0.4 is 5.32 Å². The molecule has 1 aliphatic heterocycles. The van der Waals surface area contributed by atoms with Crippen LogP contribution in [0.1, 0.15) is 37.3 Å². The first-order valence-corrected chi connectivity index (χ1v) is 11.6. The van der Waals surface area contributed by atoms with Crippen molar-refractivity contribution in [3.05, 3.63) is 94.3 Å². The molecule has 0 aromatic heterocycles. The van der Waals surface area contributed by atoms with Gasteiger partial charge < -0.3 is 14.8 Å². The molecular weight excluding hydrogens is 428 g/mol. The number of carbonyl (C=O) groups is 2. The summed E-state index contributed by atoms with van der Waals surface area (Å²) < 4.78 is 11.1. The highest BCUT2D eigenvalue weighted by atomic mass is 16.5. The van der Waals surface area contributed by atoms with Crippen molar-refractivity contribution in [2.24, 2.45) is 0 Å². The number of dihydropyridines is 1. The summed E-state index contributed by atoms with van der Waals surface area (Å²) in [4.78, 5) is 28.0. The van der Waals surface area contributed by atoms with E-state index in [4.69, 9.17) is 9.47 Å². The zero-order chi connectivity index (χ0) is 24.5. The fraction of sp³-hybridized carbons (Fsp3) is 0.357. The lowest BCUT2D eigenvalue weighted by molar-refractivity contribution is -0.136. The Morgan fingerprint density at radius 2 is 1.65 bits per heavy atom. The standard InChI is InChI=1S/C28H34N2O4/c1-5-24(31)25-20(2)29-23(19-34-17-16-30(3)18-21-12-8-6-9-13-21)27(28(32)33-4)26(25)22-14-10-7-11-15-22/h6-15,26,29H,5,16-19H2,1-4H3. The molecule has 0 bridgehead atoms. The predicted molar refractivity (Wildman–Crippen MR) is 133 cm³/mol. The average molecular weight is 463 g/mol. The monoisotopic (exact) mass is 462 g/mol. The van der Waals surface area contributed by atoms with Gasteiger partial charge >= 0.3 is 5.97 Å². The molecule has 0 saturated carbocycles. The molecule has 0 aliphatic carbocycles. The van der Waals surface area contributed by atoms with Crippen LogP contribution in [0.4, 0.5) is 0 Å². The minimum atomic E-state index is -0.498. The lowest BCUT2D eigenvalue weighted by atomic mass is 9.78. The molecule has 1 atom stereocenters. The number of hydrogen-bond acceptors (Lipinski definition) is 6. The molecule has 6 nitrogen and oxygen atoms in total. The molecule has 0 spiro atoms. The molecule has 2 aromatic carbocycles. The van der Waals surface area contributed by atoms with Gasteiger partial charge in [-0.1, -0.05) is 67.6 Å². The third-order valence-corrected chi connectivity index (χ3v) is 5.96. The summed E-state index contributed by atoms with van der Waals surface area (Å²) in [7, 11) is 3.41. The van der Waals surface area contributed by atoms with Crippen LogP contribution in [0, 0.1) is 0 Å². The molecule has 1 heterocycles. The number of allylic oxidation sites excluding steroid dienone is 2. The van der Waals surface area contributed by atoms with Crippen LogP contribution in [0.25, 0.3) is 0 Å². The SMILES string of the molecule is CCC(=O)C1=C(C)NC(COCCN(C)Cc2ccccc2)=C(C(=O)OC)C1c1ccccc1. The van der Waals surface area contributed by atoms with Gasteiger partial charge in [0.05, 0.1) is 31.6 Å². The number of nitrogens with zero attached hydrogens (tertiary/aromatic N) is 1. The molecule has 0 amide bonds. The van der Waals surface area contributed by atoms with Crippen LogP contribution in [0.3, 0.4) is 0 Å². The van der Waals surface area contributed by atoms with E-state index in [1.165, 1.54) is 12.7 Å². The summed E-state index contributed by atoms with van der Waals surface area (Å²) in [5.74, 6) is -0.959. The molecular formula is C28H34N2O4. The molecule has 6 heteroatoms. The van der Waals surface area contributed by atoms with Gasteiger partial charge in [0.1, 0.15) is 0 Å². The maximum Gasteiger partial charge on any atom is 0.336 e. The molecule has 1 N–H and O–H groups in total. The second-order valence-corrected chi connectivity index (χ2v) is 8.44. The zero-order valence-corrected chi connectivity index (χ0v) is 20.5. The van der Waals surface area contributed by atoms with Crippen LogP contribution >= 0.6 is 0 Å². The maximum absolute atomic E-state index is 13.0. The number of nitrogens with one attached hydrogen (secondary N) is 1. The first-order valence-electron chi connectivity index (χ1n) is 11.6. The van der Waals surface area contributed by atoms with Gasteiger partial charge in [0, 0.05) is 36.7 Å². The minimum Gasteiger partial charge on any atom is -0.466 e. The van der Waals surface area contributed by atoms with Crippen molar-refractivity contribution in [2.75, 3.05) is 33.9 Å². The largest absolute Gasteiger partial charge is 0.466 e. The summed E-state index contributed by atoms with van der Waals surface area (Å²) in [6, 6.07) is 19.9. The van der Waals surface area contributed by atoms with E-state index in [0.29, 0.717) is 29.9 Å². The molecule has 2 aromatic rings. The molecule has 3 rings (SSSR count). The van der Waals surface area contributed by atoms with Crippen molar-refractivity contribution in [1.82, 2.24) is 10.2 Å². The van der Waals surface area contributed by atoms with Crippen LogP contribution in [-0.2, 0) is 25.6 Å². The number of esters is 1. The van der Waals surface area contributed by atoms with Gasteiger partial charge in [0.15, 0.2) is 5.78 Å². The lowest BCUT2D eigenvalue weighted by Crippen LogP contribution is -2.34. The summed E-state index contributed by atoms with van der Waals surface area (Å²) in [6.45, 7) is 6.00. The predicted octanol–water partition coefficient (Wildman–Crippen LogP) is 4.20. The number of Topliss-reactive ketones (excluding diaryl/α,β-unsaturated/α-hetero) is 1. The Morgan fingerprint density at radius 3 is 2.26 bits per heavy atom. The third kappa shape index (κ3) is 6.22. The fourth-order valence-corrected chi connectivity index (χ4v) is 4.27. The third-order valence-electron chi connectivity index (χ3n) is 5.96. The summed E-state index contributed by atoms with van der Waals surface area (Å²) in [5.41, 5.74) is 4.52. The first kappa shape index (κ1) is 25.4. The van der Waals surface area contributed by atoms with Crippen LogP contribution in [0.2, 0.25) is 0 Å². The van der Waals surface area contributed by atoms with E-state index in [-0.39, 0.29) is 12.4 Å². The van der Waals surface area contributed by atoms with Gasteiger partial charge in [-0.15, -0.1) is 0 Å². The number of rotatable bonds is 11. The Bertz CT molecular complexity index is 1040. The first-order chi connectivity index (χ1) is 16.5.